The van der Waals surface area contributed by atoms with E-state index in [1.165, 1.54) is 6.33 Å². The van der Waals surface area contributed by atoms with Crippen LogP contribution in [0, 0.1) is 11.8 Å². The molecule has 2 saturated heterocycles. The Morgan fingerprint density at radius 3 is 2.90 bits per heavy atom. The molecule has 154 valence electrons. The van der Waals surface area contributed by atoms with Crippen molar-refractivity contribution in [3.05, 3.63) is 24.7 Å². The van der Waals surface area contributed by atoms with Crippen LogP contribution in [-0.4, -0.2) is 58.7 Å². The Bertz CT molecular complexity index is 820. The zero-order chi connectivity index (χ0) is 19.9. The summed E-state index contributed by atoms with van der Waals surface area (Å²) < 4.78 is 5.40. The van der Waals surface area contributed by atoms with Gasteiger partial charge in [-0.3, -0.25) is 4.79 Å². The summed E-state index contributed by atoms with van der Waals surface area (Å²) in [6.45, 7) is 4.19. The minimum absolute atomic E-state index is 0.0188. The number of rotatable bonds is 6. The van der Waals surface area contributed by atoms with Crippen LogP contribution in [0.15, 0.2) is 24.7 Å². The molecule has 0 spiro atoms. The summed E-state index contributed by atoms with van der Waals surface area (Å²) in [5.41, 5.74) is 0.576. The van der Waals surface area contributed by atoms with E-state index in [1.807, 2.05) is 6.07 Å². The van der Waals surface area contributed by atoms with E-state index >= 15 is 0 Å². The SMILES string of the molecule is O=C(Nc1cc(-c2nccc(NCC3CCOCC3)n2)ncn1)C1CCCNC1. The van der Waals surface area contributed by atoms with E-state index in [1.54, 1.807) is 12.3 Å². The number of anilines is 2. The third-order valence-corrected chi connectivity index (χ3v) is 5.38. The maximum absolute atomic E-state index is 12.4. The summed E-state index contributed by atoms with van der Waals surface area (Å²) in [4.78, 5) is 29.8. The molecule has 1 unspecified atom stereocenters. The van der Waals surface area contributed by atoms with Crippen LogP contribution in [0.25, 0.3) is 11.5 Å². The van der Waals surface area contributed by atoms with Gasteiger partial charge in [0.1, 0.15) is 23.7 Å². The predicted molar refractivity (Wildman–Crippen MR) is 109 cm³/mol. The van der Waals surface area contributed by atoms with Crippen LogP contribution >= 0.6 is 0 Å². The summed E-state index contributed by atoms with van der Waals surface area (Å²) in [7, 11) is 0. The van der Waals surface area contributed by atoms with Crippen LogP contribution in [-0.2, 0) is 9.53 Å². The van der Waals surface area contributed by atoms with Gasteiger partial charge in [0.2, 0.25) is 5.91 Å². The standard InChI is InChI=1S/C20H27N7O2/c28-20(15-2-1-6-21-12-15)27-18-10-16(24-13-25-18)19-22-7-3-17(26-19)23-11-14-4-8-29-9-5-14/h3,7,10,13-15,21H,1-2,4-6,8-9,11-12H2,(H,22,23,26)(H,24,25,27,28). The highest BCUT2D eigenvalue weighted by Gasteiger charge is 2.21. The number of hydrogen-bond donors (Lipinski definition) is 3. The van der Waals surface area contributed by atoms with Crippen molar-refractivity contribution in [2.45, 2.75) is 25.7 Å². The Morgan fingerprint density at radius 2 is 2.07 bits per heavy atom. The topological polar surface area (TPSA) is 114 Å². The lowest BCUT2D eigenvalue weighted by Crippen LogP contribution is -2.37. The van der Waals surface area contributed by atoms with Gasteiger partial charge in [0.25, 0.3) is 0 Å². The highest BCUT2D eigenvalue weighted by Crippen LogP contribution is 2.19. The molecule has 2 aliphatic heterocycles. The van der Waals surface area contributed by atoms with E-state index in [2.05, 4.69) is 35.9 Å². The molecule has 1 atom stereocenters. The van der Waals surface area contributed by atoms with Gasteiger partial charge in [-0.25, -0.2) is 19.9 Å². The van der Waals surface area contributed by atoms with Gasteiger partial charge in [-0.2, -0.15) is 0 Å². The quantitative estimate of drug-likeness (QED) is 0.675. The van der Waals surface area contributed by atoms with Gasteiger partial charge in [0.05, 0.1) is 5.92 Å². The van der Waals surface area contributed by atoms with E-state index in [0.717, 1.165) is 57.8 Å². The van der Waals surface area contributed by atoms with Gasteiger partial charge in [0, 0.05) is 38.6 Å². The summed E-state index contributed by atoms with van der Waals surface area (Å²) in [6.07, 6.45) is 7.17. The second-order valence-electron chi connectivity index (χ2n) is 7.52. The van der Waals surface area contributed by atoms with Gasteiger partial charge in [-0.1, -0.05) is 0 Å². The first-order chi connectivity index (χ1) is 14.3. The number of aromatic nitrogens is 4. The van der Waals surface area contributed by atoms with E-state index in [9.17, 15) is 4.79 Å². The maximum Gasteiger partial charge on any atom is 0.229 e. The van der Waals surface area contributed by atoms with E-state index < -0.39 is 0 Å². The van der Waals surface area contributed by atoms with Crippen LogP contribution in [0.2, 0.25) is 0 Å². The van der Waals surface area contributed by atoms with Crippen molar-refractivity contribution in [3.8, 4) is 11.5 Å². The Kier molecular flexibility index (Phi) is 6.58. The van der Waals surface area contributed by atoms with Crippen LogP contribution in [0.5, 0.6) is 0 Å². The molecule has 2 aromatic heterocycles. The second-order valence-corrected chi connectivity index (χ2v) is 7.52. The fourth-order valence-electron chi connectivity index (χ4n) is 3.63. The number of piperidine rings is 1. The van der Waals surface area contributed by atoms with Crippen molar-refractivity contribution >= 4 is 17.5 Å². The number of carbonyl (C=O) groups excluding carboxylic acids is 1. The van der Waals surface area contributed by atoms with Gasteiger partial charge >= 0.3 is 0 Å². The Morgan fingerprint density at radius 1 is 1.17 bits per heavy atom. The average molecular weight is 397 g/mol. The molecule has 2 aromatic rings. The smallest absolute Gasteiger partial charge is 0.229 e. The zero-order valence-electron chi connectivity index (χ0n) is 16.4. The molecule has 0 aliphatic carbocycles. The highest BCUT2D eigenvalue weighted by molar-refractivity contribution is 5.92. The minimum atomic E-state index is -0.0314. The van der Waals surface area contributed by atoms with E-state index in [4.69, 9.17) is 4.74 Å². The molecule has 29 heavy (non-hydrogen) atoms. The fraction of sp³-hybridized carbons (Fsp3) is 0.550. The first-order valence-electron chi connectivity index (χ1n) is 10.3. The number of hydrogen-bond acceptors (Lipinski definition) is 8. The third-order valence-electron chi connectivity index (χ3n) is 5.38. The monoisotopic (exact) mass is 397 g/mol. The van der Waals surface area contributed by atoms with Gasteiger partial charge in [-0.15, -0.1) is 0 Å². The molecular formula is C20H27N7O2. The maximum atomic E-state index is 12.4. The molecule has 0 aromatic carbocycles. The molecule has 2 aliphatic rings. The molecule has 0 bridgehead atoms. The molecule has 4 heterocycles. The lowest BCUT2D eigenvalue weighted by molar-refractivity contribution is -0.120. The van der Waals surface area contributed by atoms with Crippen LogP contribution in [0.4, 0.5) is 11.6 Å². The highest BCUT2D eigenvalue weighted by atomic mass is 16.5. The second kappa shape index (κ2) is 9.71. The van der Waals surface area contributed by atoms with E-state index in [0.29, 0.717) is 29.8 Å². The fourth-order valence-corrected chi connectivity index (χ4v) is 3.63. The Balaban J connectivity index is 1.40. The summed E-state index contributed by atoms with van der Waals surface area (Å²) in [6, 6.07) is 3.56. The number of nitrogens with one attached hydrogen (secondary N) is 3. The van der Waals surface area contributed by atoms with Gasteiger partial charge in [0.15, 0.2) is 5.82 Å². The van der Waals surface area contributed by atoms with Crippen molar-refractivity contribution in [1.29, 1.82) is 0 Å². The zero-order valence-corrected chi connectivity index (χ0v) is 16.4. The first-order valence-corrected chi connectivity index (χ1v) is 10.3. The molecule has 9 nitrogen and oxygen atoms in total. The number of ether oxygens (including phenoxy) is 1. The van der Waals surface area contributed by atoms with Crippen molar-refractivity contribution < 1.29 is 9.53 Å². The molecule has 3 N–H and O–H groups in total. The van der Waals surface area contributed by atoms with Crippen LogP contribution < -0.4 is 16.0 Å². The molecule has 0 saturated carbocycles. The first kappa shape index (κ1) is 19.7. The number of amides is 1. The summed E-state index contributed by atoms with van der Waals surface area (Å²) in [5, 5.41) is 9.53. The number of nitrogens with zero attached hydrogens (tertiary/aromatic N) is 4. The number of carbonyl (C=O) groups is 1. The average Bonchev–Trinajstić information content (AvgIpc) is 2.79. The Labute approximate surface area is 170 Å². The molecule has 4 rings (SSSR count). The predicted octanol–water partition coefficient (Wildman–Crippen LogP) is 1.71. The van der Waals surface area contributed by atoms with E-state index in [-0.39, 0.29) is 11.8 Å². The largest absolute Gasteiger partial charge is 0.381 e. The molecule has 2 fully saturated rings. The summed E-state index contributed by atoms with van der Waals surface area (Å²) >= 11 is 0. The molecule has 9 heteroatoms. The van der Waals surface area contributed by atoms with Crippen molar-refractivity contribution in [1.82, 2.24) is 25.3 Å². The van der Waals surface area contributed by atoms with Crippen molar-refractivity contribution in [2.75, 3.05) is 43.5 Å². The minimum Gasteiger partial charge on any atom is -0.381 e. The van der Waals surface area contributed by atoms with Crippen LogP contribution in [0.1, 0.15) is 25.7 Å². The van der Waals surface area contributed by atoms with Gasteiger partial charge in [-0.05, 0) is 44.2 Å². The normalized spacial score (nSPS) is 20.2. The van der Waals surface area contributed by atoms with Crippen molar-refractivity contribution in [2.24, 2.45) is 11.8 Å². The lowest BCUT2D eigenvalue weighted by atomic mass is 9.99. The third kappa shape index (κ3) is 5.45. The lowest BCUT2D eigenvalue weighted by Gasteiger charge is -2.22. The van der Waals surface area contributed by atoms with Crippen molar-refractivity contribution in [3.63, 3.8) is 0 Å². The van der Waals surface area contributed by atoms with Gasteiger partial charge < -0.3 is 20.7 Å². The molecule has 0 radical (unpaired) electrons. The van der Waals surface area contributed by atoms with Crippen LogP contribution in [0.3, 0.4) is 0 Å². The Hall–Kier alpha value is -2.65. The molecule has 1 amide bonds. The summed E-state index contributed by atoms with van der Waals surface area (Å²) in [5.74, 6) is 2.27. The molecular weight excluding hydrogens is 370 g/mol.